The van der Waals surface area contributed by atoms with Crippen LogP contribution in [0.5, 0.6) is 0 Å². The Hall–Kier alpha value is -2.06. The Balaban J connectivity index is 1.63. The minimum absolute atomic E-state index is 0.111. The maximum atomic E-state index is 12.5. The summed E-state index contributed by atoms with van der Waals surface area (Å²) in [7, 11) is 0. The van der Waals surface area contributed by atoms with E-state index >= 15 is 0 Å². The molecule has 0 aromatic carbocycles. The van der Waals surface area contributed by atoms with Gasteiger partial charge in [0.1, 0.15) is 16.4 Å². The molecule has 0 spiro atoms. The summed E-state index contributed by atoms with van der Waals surface area (Å²) in [5, 5.41) is 4.62. The topological polar surface area (TPSA) is 71.3 Å². The molecule has 0 aliphatic carbocycles. The quantitative estimate of drug-likeness (QED) is 0.527. The summed E-state index contributed by atoms with van der Waals surface area (Å²) in [6, 6.07) is 5.58. The van der Waals surface area contributed by atoms with Crippen molar-refractivity contribution in [2.45, 2.75) is 31.0 Å². The lowest BCUT2D eigenvalue weighted by Gasteiger charge is -2.28. The van der Waals surface area contributed by atoms with Gasteiger partial charge in [0, 0.05) is 13.1 Å². The van der Waals surface area contributed by atoms with Gasteiger partial charge in [-0.2, -0.15) is 0 Å². The number of nitrogens with one attached hydrogen (secondary N) is 1. The molecule has 136 valence electrons. The Morgan fingerprint density at radius 2 is 2.19 bits per heavy atom. The predicted molar refractivity (Wildman–Crippen MR) is 105 cm³/mol. The molecule has 0 saturated carbocycles. The highest BCUT2D eigenvalue weighted by molar-refractivity contribution is 7.98. The molecule has 3 aromatic rings. The molecule has 1 amide bonds. The summed E-state index contributed by atoms with van der Waals surface area (Å²) in [4.78, 5) is 25.7. The second kappa shape index (κ2) is 7.67. The SMILES string of the molecule is CSc1nc(N2CCCCC2)c2cc(C(=O)NCc3ccco3)sc2n1. The molecular weight excluding hydrogens is 368 g/mol. The van der Waals surface area contributed by atoms with Crippen LogP contribution in [0.4, 0.5) is 5.82 Å². The third-order valence-corrected chi connectivity index (χ3v) is 5.99. The number of nitrogens with zero attached hydrogens (tertiary/aromatic N) is 3. The molecule has 3 aromatic heterocycles. The standard InChI is InChI=1S/C18H20N4O2S2/c1-25-18-20-15(22-7-3-2-4-8-22)13-10-14(26-17(13)21-18)16(23)19-11-12-6-5-9-24-12/h5-6,9-10H,2-4,7-8,11H2,1H3,(H,19,23). The normalized spacial score (nSPS) is 14.7. The van der Waals surface area contributed by atoms with Crippen molar-refractivity contribution in [3.8, 4) is 0 Å². The van der Waals surface area contributed by atoms with Crippen LogP contribution < -0.4 is 10.2 Å². The molecule has 1 N–H and O–H groups in total. The molecule has 0 bridgehead atoms. The van der Waals surface area contributed by atoms with E-state index in [-0.39, 0.29) is 5.91 Å². The molecule has 4 heterocycles. The number of thiophene rings is 1. The average Bonchev–Trinajstić information content (AvgIpc) is 3.35. The number of hydrogen-bond acceptors (Lipinski definition) is 7. The number of piperidine rings is 1. The number of hydrogen-bond donors (Lipinski definition) is 1. The number of thioether (sulfide) groups is 1. The van der Waals surface area contributed by atoms with Gasteiger partial charge in [0.25, 0.3) is 5.91 Å². The van der Waals surface area contributed by atoms with Crippen LogP contribution in [-0.4, -0.2) is 35.2 Å². The number of aromatic nitrogens is 2. The van der Waals surface area contributed by atoms with Gasteiger partial charge in [0.15, 0.2) is 5.16 Å². The van der Waals surface area contributed by atoms with E-state index in [1.165, 1.54) is 42.4 Å². The Kier molecular flexibility index (Phi) is 5.12. The molecular formula is C18H20N4O2S2. The molecule has 8 heteroatoms. The van der Waals surface area contributed by atoms with Crippen LogP contribution in [0.3, 0.4) is 0 Å². The fraction of sp³-hybridized carbons (Fsp3) is 0.389. The monoisotopic (exact) mass is 388 g/mol. The lowest BCUT2D eigenvalue weighted by molar-refractivity contribution is 0.0952. The predicted octanol–water partition coefficient (Wildman–Crippen LogP) is 3.93. The Morgan fingerprint density at radius 3 is 2.92 bits per heavy atom. The van der Waals surface area contributed by atoms with Crippen molar-refractivity contribution in [2.75, 3.05) is 24.2 Å². The Bertz CT molecular complexity index is 901. The van der Waals surface area contributed by atoms with Crippen LogP contribution in [0.2, 0.25) is 0 Å². The second-order valence-electron chi connectivity index (χ2n) is 6.17. The lowest BCUT2D eigenvalue weighted by Crippen LogP contribution is -2.30. The van der Waals surface area contributed by atoms with Crippen LogP contribution in [0.25, 0.3) is 10.2 Å². The van der Waals surface area contributed by atoms with E-state index in [0.717, 1.165) is 40.0 Å². The van der Waals surface area contributed by atoms with Crippen LogP contribution in [0, 0.1) is 0 Å². The summed E-state index contributed by atoms with van der Waals surface area (Å²) in [5.74, 6) is 1.58. The van der Waals surface area contributed by atoms with Crippen molar-refractivity contribution in [3.05, 3.63) is 35.1 Å². The van der Waals surface area contributed by atoms with E-state index in [9.17, 15) is 4.79 Å². The summed E-state index contributed by atoms with van der Waals surface area (Å²) < 4.78 is 5.26. The van der Waals surface area contributed by atoms with Gasteiger partial charge in [0.2, 0.25) is 0 Å². The molecule has 26 heavy (non-hydrogen) atoms. The van der Waals surface area contributed by atoms with Crippen LogP contribution in [0.15, 0.2) is 34.0 Å². The summed E-state index contributed by atoms with van der Waals surface area (Å²) >= 11 is 2.95. The molecule has 0 radical (unpaired) electrons. The zero-order valence-electron chi connectivity index (χ0n) is 14.5. The minimum Gasteiger partial charge on any atom is -0.467 e. The number of furan rings is 1. The van der Waals surface area contributed by atoms with Gasteiger partial charge in [0.05, 0.1) is 23.1 Å². The van der Waals surface area contributed by atoms with Crippen molar-refractivity contribution in [2.24, 2.45) is 0 Å². The van der Waals surface area contributed by atoms with E-state index in [4.69, 9.17) is 9.40 Å². The van der Waals surface area contributed by atoms with Gasteiger partial charge in [-0.15, -0.1) is 11.3 Å². The number of rotatable bonds is 5. The zero-order valence-corrected chi connectivity index (χ0v) is 16.2. The third-order valence-electron chi connectivity index (χ3n) is 4.42. The molecule has 1 saturated heterocycles. The van der Waals surface area contributed by atoms with Crippen molar-refractivity contribution < 1.29 is 9.21 Å². The fourth-order valence-electron chi connectivity index (χ4n) is 3.10. The molecule has 0 atom stereocenters. The maximum Gasteiger partial charge on any atom is 0.261 e. The number of fused-ring (bicyclic) bond motifs is 1. The highest BCUT2D eigenvalue weighted by Gasteiger charge is 2.20. The van der Waals surface area contributed by atoms with E-state index in [1.807, 2.05) is 24.5 Å². The smallest absolute Gasteiger partial charge is 0.261 e. The second-order valence-corrected chi connectivity index (χ2v) is 7.98. The number of anilines is 1. The number of carbonyl (C=O) groups excluding carboxylic acids is 1. The highest BCUT2D eigenvalue weighted by Crippen LogP contribution is 2.33. The van der Waals surface area contributed by atoms with Gasteiger partial charge < -0.3 is 14.6 Å². The summed E-state index contributed by atoms with van der Waals surface area (Å²) in [6.07, 6.45) is 7.21. The van der Waals surface area contributed by atoms with Gasteiger partial charge in [-0.3, -0.25) is 4.79 Å². The van der Waals surface area contributed by atoms with Gasteiger partial charge in [-0.1, -0.05) is 11.8 Å². The average molecular weight is 389 g/mol. The lowest BCUT2D eigenvalue weighted by atomic mass is 10.1. The van der Waals surface area contributed by atoms with Crippen molar-refractivity contribution >= 4 is 45.0 Å². The molecule has 0 unspecified atom stereocenters. The number of amides is 1. The Morgan fingerprint density at radius 1 is 1.35 bits per heavy atom. The van der Waals surface area contributed by atoms with Gasteiger partial charge in [-0.05, 0) is 43.7 Å². The molecule has 4 rings (SSSR count). The van der Waals surface area contributed by atoms with Crippen LogP contribution in [0.1, 0.15) is 34.7 Å². The van der Waals surface area contributed by atoms with E-state index < -0.39 is 0 Å². The van der Waals surface area contributed by atoms with E-state index in [0.29, 0.717) is 11.4 Å². The summed E-state index contributed by atoms with van der Waals surface area (Å²) in [6.45, 7) is 2.40. The minimum atomic E-state index is -0.111. The first kappa shape index (κ1) is 17.4. The maximum absolute atomic E-state index is 12.5. The van der Waals surface area contributed by atoms with Crippen molar-refractivity contribution in [1.82, 2.24) is 15.3 Å². The van der Waals surface area contributed by atoms with Crippen LogP contribution in [-0.2, 0) is 6.54 Å². The molecule has 1 fully saturated rings. The first-order valence-electron chi connectivity index (χ1n) is 8.65. The molecule has 1 aliphatic rings. The van der Waals surface area contributed by atoms with Gasteiger partial charge in [-0.25, -0.2) is 9.97 Å². The first-order valence-corrected chi connectivity index (χ1v) is 10.7. The zero-order chi connectivity index (χ0) is 17.9. The molecule has 1 aliphatic heterocycles. The summed E-state index contributed by atoms with van der Waals surface area (Å²) in [5.41, 5.74) is 0. The van der Waals surface area contributed by atoms with Crippen molar-refractivity contribution in [1.29, 1.82) is 0 Å². The molecule has 6 nitrogen and oxygen atoms in total. The van der Waals surface area contributed by atoms with E-state index in [2.05, 4.69) is 15.2 Å². The number of carbonyl (C=O) groups is 1. The Labute approximate surface area is 160 Å². The first-order chi connectivity index (χ1) is 12.7. The van der Waals surface area contributed by atoms with Crippen molar-refractivity contribution in [3.63, 3.8) is 0 Å². The third kappa shape index (κ3) is 3.57. The largest absolute Gasteiger partial charge is 0.467 e. The highest BCUT2D eigenvalue weighted by atomic mass is 32.2. The van der Waals surface area contributed by atoms with Gasteiger partial charge >= 0.3 is 0 Å². The van der Waals surface area contributed by atoms with Crippen LogP contribution >= 0.6 is 23.1 Å². The fourth-order valence-corrected chi connectivity index (χ4v) is 4.47. The van der Waals surface area contributed by atoms with E-state index in [1.54, 1.807) is 6.26 Å².